The number of hydrogen-bond acceptors (Lipinski definition) is 4. The summed E-state index contributed by atoms with van der Waals surface area (Å²) in [5.41, 5.74) is 5.59. The number of ether oxygens (including phenoxy) is 2. The minimum absolute atomic E-state index is 0.557. The number of rotatable bonds is 7. The Morgan fingerprint density at radius 1 is 1.43 bits per heavy atom. The van der Waals surface area contributed by atoms with Crippen molar-refractivity contribution in [3.05, 3.63) is 12.4 Å². The number of methoxy groups -OCH3 is 1. The molecule has 0 saturated carbocycles. The van der Waals surface area contributed by atoms with Gasteiger partial charge in [0.25, 0.3) is 0 Å². The van der Waals surface area contributed by atoms with E-state index in [1.807, 2.05) is 10.8 Å². The lowest BCUT2D eigenvalue weighted by molar-refractivity contribution is 0.0681. The number of nitrogens with two attached hydrogens (primary N) is 1. The SMILES string of the molecule is COCCOCCCn1ccnc1N. The molecule has 1 aromatic heterocycles. The summed E-state index contributed by atoms with van der Waals surface area (Å²) in [7, 11) is 1.66. The second kappa shape index (κ2) is 6.39. The minimum Gasteiger partial charge on any atom is -0.382 e. The molecule has 14 heavy (non-hydrogen) atoms. The molecule has 80 valence electrons. The predicted octanol–water partition coefficient (Wildman–Crippen LogP) is 0.518. The largest absolute Gasteiger partial charge is 0.382 e. The highest BCUT2D eigenvalue weighted by Gasteiger charge is 1.96. The fourth-order valence-electron chi connectivity index (χ4n) is 1.11. The molecule has 0 aliphatic carbocycles. The van der Waals surface area contributed by atoms with Gasteiger partial charge in [-0.25, -0.2) is 4.98 Å². The molecule has 0 radical (unpaired) electrons. The number of anilines is 1. The first-order valence-electron chi connectivity index (χ1n) is 4.68. The zero-order chi connectivity index (χ0) is 10.2. The Hall–Kier alpha value is -1.07. The number of aromatic nitrogens is 2. The number of imidazole rings is 1. The maximum Gasteiger partial charge on any atom is 0.200 e. The minimum atomic E-state index is 0.557. The molecular weight excluding hydrogens is 182 g/mol. The van der Waals surface area contributed by atoms with Crippen molar-refractivity contribution in [1.82, 2.24) is 9.55 Å². The van der Waals surface area contributed by atoms with Crippen LogP contribution in [0, 0.1) is 0 Å². The van der Waals surface area contributed by atoms with E-state index in [4.69, 9.17) is 15.2 Å². The third-order valence-corrected chi connectivity index (χ3v) is 1.87. The van der Waals surface area contributed by atoms with E-state index in [9.17, 15) is 0 Å². The lowest BCUT2D eigenvalue weighted by Crippen LogP contribution is -2.07. The number of nitrogens with zero attached hydrogens (tertiary/aromatic N) is 2. The highest BCUT2D eigenvalue weighted by molar-refractivity contribution is 5.16. The van der Waals surface area contributed by atoms with Gasteiger partial charge in [0, 0.05) is 32.7 Å². The lowest BCUT2D eigenvalue weighted by atomic mass is 10.4. The summed E-state index contributed by atoms with van der Waals surface area (Å²) in [5.74, 6) is 0.557. The van der Waals surface area contributed by atoms with E-state index in [1.54, 1.807) is 13.3 Å². The predicted molar refractivity (Wildman–Crippen MR) is 54.0 cm³/mol. The monoisotopic (exact) mass is 199 g/mol. The maximum atomic E-state index is 5.59. The van der Waals surface area contributed by atoms with Crippen LogP contribution in [0.1, 0.15) is 6.42 Å². The van der Waals surface area contributed by atoms with Crippen LogP contribution in [-0.2, 0) is 16.0 Å². The van der Waals surface area contributed by atoms with Gasteiger partial charge in [-0.05, 0) is 6.42 Å². The van der Waals surface area contributed by atoms with Gasteiger partial charge in [0.2, 0.25) is 0 Å². The molecule has 1 heterocycles. The van der Waals surface area contributed by atoms with Gasteiger partial charge in [-0.15, -0.1) is 0 Å². The maximum absolute atomic E-state index is 5.59. The Kier molecular flexibility index (Phi) is 5.03. The van der Waals surface area contributed by atoms with Crippen molar-refractivity contribution in [1.29, 1.82) is 0 Å². The van der Waals surface area contributed by atoms with Crippen molar-refractivity contribution in [3.63, 3.8) is 0 Å². The molecule has 1 aromatic rings. The summed E-state index contributed by atoms with van der Waals surface area (Å²) >= 11 is 0. The third-order valence-electron chi connectivity index (χ3n) is 1.87. The third kappa shape index (κ3) is 3.76. The van der Waals surface area contributed by atoms with Gasteiger partial charge in [0.15, 0.2) is 5.95 Å². The van der Waals surface area contributed by atoms with Gasteiger partial charge in [-0.2, -0.15) is 0 Å². The highest BCUT2D eigenvalue weighted by atomic mass is 16.5. The van der Waals surface area contributed by atoms with Crippen LogP contribution in [0.3, 0.4) is 0 Å². The van der Waals surface area contributed by atoms with Gasteiger partial charge in [-0.1, -0.05) is 0 Å². The van der Waals surface area contributed by atoms with Crippen LogP contribution in [0.2, 0.25) is 0 Å². The topological polar surface area (TPSA) is 62.3 Å². The molecule has 0 spiro atoms. The van der Waals surface area contributed by atoms with Crippen molar-refractivity contribution < 1.29 is 9.47 Å². The first kappa shape index (κ1) is 11.0. The average Bonchev–Trinajstić information content (AvgIpc) is 2.58. The molecule has 0 unspecified atom stereocenters. The van der Waals surface area contributed by atoms with Crippen molar-refractivity contribution in [3.8, 4) is 0 Å². The van der Waals surface area contributed by atoms with E-state index >= 15 is 0 Å². The Morgan fingerprint density at radius 2 is 2.29 bits per heavy atom. The van der Waals surface area contributed by atoms with E-state index in [0.29, 0.717) is 19.2 Å². The van der Waals surface area contributed by atoms with Crippen molar-refractivity contribution >= 4 is 5.95 Å². The summed E-state index contributed by atoms with van der Waals surface area (Å²) in [6.07, 6.45) is 4.50. The van der Waals surface area contributed by atoms with E-state index < -0.39 is 0 Å². The molecule has 0 aliphatic heterocycles. The Labute approximate surface area is 83.8 Å². The molecule has 0 bridgehead atoms. The Bertz CT molecular complexity index is 250. The van der Waals surface area contributed by atoms with Crippen molar-refractivity contribution in [2.24, 2.45) is 0 Å². The van der Waals surface area contributed by atoms with E-state index in [1.165, 1.54) is 0 Å². The van der Waals surface area contributed by atoms with E-state index in [2.05, 4.69) is 4.98 Å². The lowest BCUT2D eigenvalue weighted by Gasteiger charge is -2.05. The van der Waals surface area contributed by atoms with Gasteiger partial charge in [0.1, 0.15) is 0 Å². The summed E-state index contributed by atoms with van der Waals surface area (Å²) in [4.78, 5) is 3.92. The fourth-order valence-corrected chi connectivity index (χ4v) is 1.11. The molecule has 5 heteroatoms. The number of aryl methyl sites for hydroxylation is 1. The van der Waals surface area contributed by atoms with Crippen LogP contribution in [-0.4, -0.2) is 36.5 Å². The fraction of sp³-hybridized carbons (Fsp3) is 0.667. The molecule has 5 nitrogen and oxygen atoms in total. The van der Waals surface area contributed by atoms with Crippen molar-refractivity contribution in [2.75, 3.05) is 32.7 Å². The van der Waals surface area contributed by atoms with Crippen LogP contribution in [0.15, 0.2) is 12.4 Å². The van der Waals surface area contributed by atoms with E-state index in [-0.39, 0.29) is 0 Å². The Balaban J connectivity index is 2.02. The molecule has 0 fully saturated rings. The smallest absolute Gasteiger partial charge is 0.200 e. The molecule has 0 aliphatic rings. The normalized spacial score (nSPS) is 10.6. The summed E-state index contributed by atoms with van der Waals surface area (Å²) in [5, 5.41) is 0. The van der Waals surface area contributed by atoms with Gasteiger partial charge in [0.05, 0.1) is 13.2 Å². The number of nitrogen functional groups attached to an aromatic ring is 1. The van der Waals surface area contributed by atoms with E-state index in [0.717, 1.165) is 19.6 Å². The summed E-state index contributed by atoms with van der Waals surface area (Å²) < 4.78 is 12.1. The molecule has 0 atom stereocenters. The first-order valence-corrected chi connectivity index (χ1v) is 4.68. The molecule has 0 amide bonds. The first-order chi connectivity index (χ1) is 6.84. The highest BCUT2D eigenvalue weighted by Crippen LogP contribution is 1.99. The van der Waals surface area contributed by atoms with Crippen LogP contribution in [0.4, 0.5) is 5.95 Å². The van der Waals surface area contributed by atoms with Gasteiger partial charge in [-0.3, -0.25) is 0 Å². The van der Waals surface area contributed by atoms with Crippen LogP contribution in [0.5, 0.6) is 0 Å². The molecule has 0 aromatic carbocycles. The van der Waals surface area contributed by atoms with Crippen LogP contribution < -0.4 is 5.73 Å². The molecular formula is C9H17N3O2. The summed E-state index contributed by atoms with van der Waals surface area (Å²) in [6.45, 7) is 2.86. The van der Waals surface area contributed by atoms with Gasteiger partial charge >= 0.3 is 0 Å². The standard InChI is InChI=1S/C9H17N3O2/c1-13-7-8-14-6-2-4-12-5-3-11-9(12)10/h3,5H,2,4,6-8H2,1H3,(H2,10,11). The summed E-state index contributed by atoms with van der Waals surface area (Å²) in [6, 6.07) is 0. The molecule has 2 N–H and O–H groups in total. The zero-order valence-electron chi connectivity index (χ0n) is 8.48. The zero-order valence-corrected chi connectivity index (χ0v) is 8.48. The molecule has 0 saturated heterocycles. The van der Waals surface area contributed by atoms with Crippen LogP contribution in [0.25, 0.3) is 0 Å². The molecule has 1 rings (SSSR count). The average molecular weight is 199 g/mol. The Morgan fingerprint density at radius 3 is 2.93 bits per heavy atom. The number of hydrogen-bond donors (Lipinski definition) is 1. The second-order valence-electron chi connectivity index (χ2n) is 2.94. The van der Waals surface area contributed by atoms with Crippen LogP contribution >= 0.6 is 0 Å². The second-order valence-corrected chi connectivity index (χ2v) is 2.94. The quantitative estimate of drug-likeness (QED) is 0.650. The van der Waals surface area contributed by atoms with Gasteiger partial charge < -0.3 is 19.8 Å². The van der Waals surface area contributed by atoms with Crippen molar-refractivity contribution in [2.45, 2.75) is 13.0 Å².